The highest BCUT2D eigenvalue weighted by Gasteiger charge is 2.17. The van der Waals surface area contributed by atoms with Gasteiger partial charge in [-0.2, -0.15) is 0 Å². The Hall–Kier alpha value is -3.85. The molecule has 3 aromatic rings. The van der Waals surface area contributed by atoms with Crippen LogP contribution in [0.15, 0.2) is 65.3 Å². The zero-order valence-electron chi connectivity index (χ0n) is 17.5. The number of carbonyl (C=O) groups is 2. The van der Waals surface area contributed by atoms with E-state index >= 15 is 0 Å². The number of nitrogens with one attached hydrogen (secondary N) is 2. The van der Waals surface area contributed by atoms with Gasteiger partial charge in [0.1, 0.15) is 18.6 Å². The summed E-state index contributed by atoms with van der Waals surface area (Å²) in [5, 5.41) is 14.7. The summed E-state index contributed by atoms with van der Waals surface area (Å²) in [6.45, 7) is 0.905. The van der Waals surface area contributed by atoms with Crippen LogP contribution >= 0.6 is 0 Å². The number of phenolic OH excluding ortho intramolecular Hbond substituents is 1. The molecule has 0 radical (unpaired) electrons. The molecule has 0 aliphatic rings. The molecule has 1 atom stereocenters. The highest BCUT2D eigenvalue weighted by atomic mass is 16.5. The number of nitrogens with two attached hydrogens (primary N) is 1. The minimum absolute atomic E-state index is 0.136. The smallest absolute Gasteiger partial charge is 0.407 e. The largest absolute Gasteiger partial charge is 0.508 e. The maximum atomic E-state index is 12.2. The standard InChI is InChI=1S/C23H26N4O5/c24-19(13-16-7-9-18(28)10-8-16)22-27-20(15-31-22)21(29)25-11-4-12-26-23(30)32-14-17-5-2-1-3-6-17/h1-3,5-10,15,19,28H,4,11-14,24H2,(H,25,29)(H,26,30). The predicted octanol–water partition coefficient (Wildman–Crippen LogP) is 2.67. The SMILES string of the molecule is NC(Cc1ccc(O)cc1)c1nc(C(=O)NCCCNC(=O)OCc2ccccc2)co1. The first-order valence-corrected chi connectivity index (χ1v) is 10.2. The minimum atomic E-state index is -0.521. The number of benzene rings is 2. The predicted molar refractivity (Wildman–Crippen MR) is 117 cm³/mol. The van der Waals surface area contributed by atoms with Crippen LogP contribution in [0.2, 0.25) is 0 Å². The molecule has 0 saturated carbocycles. The number of phenols is 1. The molecule has 1 heterocycles. The molecule has 1 unspecified atom stereocenters. The lowest BCUT2D eigenvalue weighted by Gasteiger charge is -2.08. The maximum Gasteiger partial charge on any atom is 0.407 e. The van der Waals surface area contributed by atoms with Crippen LogP contribution in [0.1, 0.15) is 40.0 Å². The molecule has 2 aromatic carbocycles. The second-order valence-electron chi connectivity index (χ2n) is 7.15. The van der Waals surface area contributed by atoms with E-state index in [9.17, 15) is 14.7 Å². The van der Waals surface area contributed by atoms with Crippen molar-refractivity contribution in [1.82, 2.24) is 15.6 Å². The quantitative estimate of drug-likeness (QED) is 0.357. The van der Waals surface area contributed by atoms with E-state index < -0.39 is 12.1 Å². The number of ether oxygens (including phenoxy) is 1. The zero-order chi connectivity index (χ0) is 22.8. The molecule has 9 heteroatoms. The van der Waals surface area contributed by atoms with E-state index in [1.807, 2.05) is 30.3 Å². The Balaban J connectivity index is 1.33. The molecule has 32 heavy (non-hydrogen) atoms. The summed E-state index contributed by atoms with van der Waals surface area (Å²) >= 11 is 0. The van der Waals surface area contributed by atoms with Gasteiger partial charge in [-0.15, -0.1) is 0 Å². The number of hydrogen-bond donors (Lipinski definition) is 4. The van der Waals surface area contributed by atoms with E-state index in [0.29, 0.717) is 25.9 Å². The topological polar surface area (TPSA) is 140 Å². The van der Waals surface area contributed by atoms with Crippen molar-refractivity contribution in [3.8, 4) is 5.75 Å². The van der Waals surface area contributed by atoms with Gasteiger partial charge in [0.25, 0.3) is 5.91 Å². The number of aromatic nitrogens is 1. The first kappa shape index (κ1) is 22.8. The highest BCUT2D eigenvalue weighted by molar-refractivity contribution is 5.91. The molecule has 168 valence electrons. The number of carbonyl (C=O) groups excluding carboxylic acids is 2. The van der Waals surface area contributed by atoms with Crippen LogP contribution in [0.4, 0.5) is 4.79 Å². The third-order valence-corrected chi connectivity index (χ3v) is 4.58. The average Bonchev–Trinajstić information content (AvgIpc) is 3.30. The van der Waals surface area contributed by atoms with Crippen LogP contribution < -0.4 is 16.4 Å². The molecule has 0 aliphatic heterocycles. The Labute approximate surface area is 185 Å². The molecule has 3 rings (SSSR count). The van der Waals surface area contributed by atoms with Gasteiger partial charge in [0.15, 0.2) is 5.69 Å². The second-order valence-corrected chi connectivity index (χ2v) is 7.15. The molecular formula is C23H26N4O5. The van der Waals surface area contributed by atoms with Crippen molar-refractivity contribution in [2.45, 2.75) is 25.5 Å². The summed E-state index contributed by atoms with van der Waals surface area (Å²) in [6.07, 6.45) is 1.73. The number of amides is 2. The Bertz CT molecular complexity index is 1000. The molecule has 0 spiro atoms. The number of alkyl carbamates (subject to hydrolysis) is 1. The summed E-state index contributed by atoms with van der Waals surface area (Å²) in [7, 11) is 0. The molecule has 0 fully saturated rings. The summed E-state index contributed by atoms with van der Waals surface area (Å²) in [5.41, 5.74) is 8.06. The minimum Gasteiger partial charge on any atom is -0.508 e. The van der Waals surface area contributed by atoms with Crippen molar-refractivity contribution >= 4 is 12.0 Å². The fourth-order valence-corrected chi connectivity index (χ4v) is 2.88. The lowest BCUT2D eigenvalue weighted by Crippen LogP contribution is -2.30. The monoisotopic (exact) mass is 438 g/mol. The lowest BCUT2D eigenvalue weighted by atomic mass is 10.1. The summed E-state index contributed by atoms with van der Waals surface area (Å²) < 4.78 is 10.5. The van der Waals surface area contributed by atoms with Crippen LogP contribution in [-0.4, -0.2) is 35.2 Å². The highest BCUT2D eigenvalue weighted by Crippen LogP contribution is 2.18. The molecule has 9 nitrogen and oxygen atoms in total. The van der Waals surface area contributed by atoms with Gasteiger partial charge >= 0.3 is 6.09 Å². The van der Waals surface area contributed by atoms with Gasteiger partial charge in [0, 0.05) is 13.1 Å². The maximum absolute atomic E-state index is 12.2. The molecule has 0 aliphatic carbocycles. The van der Waals surface area contributed by atoms with E-state index in [-0.39, 0.29) is 29.8 Å². The van der Waals surface area contributed by atoms with E-state index in [2.05, 4.69) is 15.6 Å². The average molecular weight is 438 g/mol. The third kappa shape index (κ3) is 7.13. The van der Waals surface area contributed by atoms with Crippen LogP contribution in [0.3, 0.4) is 0 Å². The van der Waals surface area contributed by atoms with Crippen molar-refractivity contribution in [3.63, 3.8) is 0 Å². The number of aromatic hydroxyl groups is 1. The van der Waals surface area contributed by atoms with Crippen LogP contribution in [0, 0.1) is 0 Å². The summed E-state index contributed by atoms with van der Waals surface area (Å²) in [4.78, 5) is 28.1. The molecule has 5 N–H and O–H groups in total. The lowest BCUT2D eigenvalue weighted by molar-refractivity contribution is 0.0948. The zero-order valence-corrected chi connectivity index (χ0v) is 17.5. The molecule has 0 saturated heterocycles. The number of oxazole rings is 1. The summed E-state index contributed by atoms with van der Waals surface area (Å²) in [6, 6.07) is 15.5. The van der Waals surface area contributed by atoms with Gasteiger partial charge in [-0.3, -0.25) is 4.79 Å². The Morgan fingerprint density at radius 1 is 1.03 bits per heavy atom. The van der Waals surface area contributed by atoms with Crippen molar-refractivity contribution in [2.24, 2.45) is 5.73 Å². The van der Waals surface area contributed by atoms with Gasteiger partial charge in [-0.1, -0.05) is 42.5 Å². The third-order valence-electron chi connectivity index (χ3n) is 4.58. The van der Waals surface area contributed by atoms with E-state index in [1.165, 1.54) is 6.26 Å². The number of nitrogens with zero attached hydrogens (tertiary/aromatic N) is 1. The van der Waals surface area contributed by atoms with E-state index in [0.717, 1.165) is 11.1 Å². The van der Waals surface area contributed by atoms with Crippen LogP contribution in [0.25, 0.3) is 0 Å². The number of rotatable bonds is 10. The molecule has 0 bridgehead atoms. The molecular weight excluding hydrogens is 412 g/mol. The van der Waals surface area contributed by atoms with Gasteiger partial charge in [-0.25, -0.2) is 9.78 Å². The van der Waals surface area contributed by atoms with Gasteiger partial charge in [0.05, 0.1) is 6.04 Å². The second kappa shape index (κ2) is 11.5. The van der Waals surface area contributed by atoms with E-state index in [1.54, 1.807) is 24.3 Å². The van der Waals surface area contributed by atoms with Crippen LogP contribution in [-0.2, 0) is 17.8 Å². The number of hydrogen-bond acceptors (Lipinski definition) is 7. The normalized spacial score (nSPS) is 11.5. The van der Waals surface area contributed by atoms with E-state index in [4.69, 9.17) is 14.9 Å². The van der Waals surface area contributed by atoms with Crippen molar-refractivity contribution in [3.05, 3.63) is 83.6 Å². The Morgan fingerprint density at radius 2 is 1.75 bits per heavy atom. The molecule has 2 amide bonds. The van der Waals surface area contributed by atoms with Gasteiger partial charge < -0.3 is 30.6 Å². The van der Waals surface area contributed by atoms with Gasteiger partial charge in [-0.05, 0) is 36.1 Å². The van der Waals surface area contributed by atoms with Crippen molar-refractivity contribution in [2.75, 3.05) is 13.1 Å². The fourth-order valence-electron chi connectivity index (χ4n) is 2.88. The summed E-state index contributed by atoms with van der Waals surface area (Å²) in [5.74, 6) is 0.0474. The molecule has 1 aromatic heterocycles. The van der Waals surface area contributed by atoms with Gasteiger partial charge in [0.2, 0.25) is 5.89 Å². The first-order chi connectivity index (χ1) is 15.5. The Kier molecular flexibility index (Phi) is 8.22. The van der Waals surface area contributed by atoms with Crippen LogP contribution in [0.5, 0.6) is 5.75 Å². The fraction of sp³-hybridized carbons (Fsp3) is 0.261. The van der Waals surface area contributed by atoms with Crippen molar-refractivity contribution < 1.29 is 23.8 Å². The first-order valence-electron chi connectivity index (χ1n) is 10.2. The van der Waals surface area contributed by atoms with Crippen molar-refractivity contribution in [1.29, 1.82) is 0 Å². The Morgan fingerprint density at radius 3 is 2.50 bits per heavy atom.